The number of carbonyl (C=O) groups excluding carboxylic acids is 1. The summed E-state index contributed by atoms with van der Waals surface area (Å²) in [5.74, 6) is 0.876. The maximum atomic E-state index is 13.0. The number of hydrogen-bond acceptors (Lipinski definition) is 4. The van der Waals surface area contributed by atoms with Crippen molar-refractivity contribution < 1.29 is 13.2 Å². The molecule has 3 rings (SSSR count). The largest absolute Gasteiger partial charge is 0.338 e. The summed E-state index contributed by atoms with van der Waals surface area (Å²) < 4.78 is 29.1. The van der Waals surface area contributed by atoms with Crippen LogP contribution in [0.15, 0.2) is 17.3 Å². The van der Waals surface area contributed by atoms with Crippen LogP contribution in [-0.4, -0.2) is 59.0 Å². The Bertz CT molecular complexity index is 724. The monoisotopic (exact) mass is 368 g/mol. The minimum absolute atomic E-state index is 0.0764. The molecule has 0 unspecified atom stereocenters. The van der Waals surface area contributed by atoms with E-state index in [2.05, 4.69) is 18.9 Å². The molecule has 0 N–H and O–H groups in total. The first-order valence-corrected chi connectivity index (χ1v) is 10.6. The molecule has 0 radical (unpaired) electrons. The molecule has 2 aliphatic rings. The van der Waals surface area contributed by atoms with Gasteiger partial charge >= 0.3 is 0 Å². The van der Waals surface area contributed by atoms with E-state index < -0.39 is 10.0 Å². The summed E-state index contributed by atoms with van der Waals surface area (Å²) in [6.07, 6.45) is 5.56. The van der Waals surface area contributed by atoms with Crippen molar-refractivity contribution in [3.63, 3.8) is 0 Å². The second-order valence-corrected chi connectivity index (χ2v) is 9.38. The van der Waals surface area contributed by atoms with Crippen LogP contribution in [0.1, 0.15) is 40.0 Å². The van der Waals surface area contributed by atoms with Crippen molar-refractivity contribution in [3.05, 3.63) is 12.4 Å². The second-order valence-electron chi connectivity index (χ2n) is 7.45. The lowest BCUT2D eigenvalue weighted by Crippen LogP contribution is -2.48. The van der Waals surface area contributed by atoms with Crippen LogP contribution in [0, 0.1) is 11.8 Å². The molecule has 1 aliphatic carbocycles. The molecule has 1 saturated heterocycles. The highest BCUT2D eigenvalue weighted by molar-refractivity contribution is 7.89. The van der Waals surface area contributed by atoms with Gasteiger partial charge in [-0.3, -0.25) is 9.48 Å². The first-order chi connectivity index (χ1) is 11.8. The van der Waals surface area contributed by atoms with Gasteiger partial charge in [-0.15, -0.1) is 0 Å². The van der Waals surface area contributed by atoms with Gasteiger partial charge in [0.2, 0.25) is 15.9 Å². The van der Waals surface area contributed by atoms with Gasteiger partial charge in [0.05, 0.1) is 6.20 Å². The van der Waals surface area contributed by atoms with E-state index in [1.54, 1.807) is 10.9 Å². The number of aryl methyl sites for hydroxylation is 1. The molecule has 0 spiro atoms. The van der Waals surface area contributed by atoms with E-state index in [4.69, 9.17) is 0 Å². The van der Waals surface area contributed by atoms with E-state index in [-0.39, 0.29) is 35.7 Å². The van der Waals surface area contributed by atoms with Crippen molar-refractivity contribution in [2.24, 2.45) is 11.8 Å². The van der Waals surface area contributed by atoms with Crippen LogP contribution in [0.5, 0.6) is 0 Å². The molecule has 2 fully saturated rings. The quantitative estimate of drug-likeness (QED) is 0.764. The second kappa shape index (κ2) is 7.07. The van der Waals surface area contributed by atoms with E-state index >= 15 is 0 Å². The summed E-state index contributed by atoms with van der Waals surface area (Å²) in [5.41, 5.74) is 0. The fourth-order valence-electron chi connectivity index (χ4n) is 3.35. The Hall–Kier alpha value is -1.41. The summed E-state index contributed by atoms with van der Waals surface area (Å²) in [6.45, 7) is 8.02. The highest BCUT2D eigenvalue weighted by Gasteiger charge is 2.39. The average Bonchev–Trinajstić information content (AvgIpc) is 3.28. The predicted octanol–water partition coefficient (Wildman–Crippen LogP) is 1.56. The average molecular weight is 369 g/mol. The van der Waals surface area contributed by atoms with Crippen molar-refractivity contribution in [2.45, 2.75) is 57.5 Å². The first-order valence-electron chi connectivity index (χ1n) is 9.15. The highest BCUT2D eigenvalue weighted by Crippen LogP contribution is 2.32. The lowest BCUT2D eigenvalue weighted by atomic mass is 10.0. The van der Waals surface area contributed by atoms with Gasteiger partial charge < -0.3 is 4.90 Å². The fourth-order valence-corrected chi connectivity index (χ4v) is 4.77. The van der Waals surface area contributed by atoms with Gasteiger partial charge in [-0.25, -0.2) is 8.42 Å². The third-order valence-corrected chi connectivity index (χ3v) is 7.00. The maximum Gasteiger partial charge on any atom is 0.246 e. The van der Waals surface area contributed by atoms with Crippen LogP contribution >= 0.6 is 0 Å². The van der Waals surface area contributed by atoms with Crippen LogP contribution in [0.3, 0.4) is 0 Å². The summed E-state index contributed by atoms with van der Waals surface area (Å²) in [4.78, 5) is 14.8. The standard InChI is InChI=1S/C17H28N4O3S/c1-4-19-11-15(9-18-19)25(23,24)20-8-7-17(22)21(10-14-5-6-14)16(12-20)13(2)3/h9,11,13-14,16H,4-8,10,12H2,1-3H3/t16-/m1/s1. The number of hydrogen-bond donors (Lipinski definition) is 0. The number of rotatable bonds is 6. The topological polar surface area (TPSA) is 75.5 Å². The Morgan fingerprint density at radius 2 is 2.04 bits per heavy atom. The van der Waals surface area contributed by atoms with E-state index in [1.165, 1.54) is 23.3 Å². The van der Waals surface area contributed by atoms with Gasteiger partial charge in [0.1, 0.15) is 4.90 Å². The molecule has 2 heterocycles. The van der Waals surface area contributed by atoms with Crippen LogP contribution in [0.2, 0.25) is 0 Å². The van der Waals surface area contributed by atoms with Gasteiger partial charge in [-0.2, -0.15) is 9.40 Å². The number of sulfonamides is 1. The predicted molar refractivity (Wildman–Crippen MR) is 94.3 cm³/mol. The van der Waals surface area contributed by atoms with Crippen molar-refractivity contribution in [1.82, 2.24) is 19.0 Å². The zero-order valence-electron chi connectivity index (χ0n) is 15.3. The smallest absolute Gasteiger partial charge is 0.246 e. The highest BCUT2D eigenvalue weighted by atomic mass is 32.2. The lowest BCUT2D eigenvalue weighted by Gasteiger charge is -2.34. The van der Waals surface area contributed by atoms with Crippen molar-refractivity contribution >= 4 is 15.9 Å². The van der Waals surface area contributed by atoms with Crippen molar-refractivity contribution in [3.8, 4) is 0 Å². The third-order valence-electron chi connectivity index (χ3n) is 5.18. The van der Waals surface area contributed by atoms with Crippen LogP contribution < -0.4 is 0 Å². The molecule has 0 bridgehead atoms. The molecule has 140 valence electrons. The van der Waals surface area contributed by atoms with Gasteiger partial charge in [-0.1, -0.05) is 13.8 Å². The van der Waals surface area contributed by atoms with E-state index in [9.17, 15) is 13.2 Å². The van der Waals surface area contributed by atoms with Gasteiger partial charge in [-0.05, 0) is 31.6 Å². The normalized spacial score (nSPS) is 23.3. The summed E-state index contributed by atoms with van der Waals surface area (Å²) in [6, 6.07) is -0.0772. The summed E-state index contributed by atoms with van der Waals surface area (Å²) in [7, 11) is -3.63. The molecule has 1 amide bonds. The van der Waals surface area contributed by atoms with E-state index in [0.717, 1.165) is 6.54 Å². The molecule has 1 atom stereocenters. The Morgan fingerprint density at radius 3 is 2.60 bits per heavy atom. The fraction of sp³-hybridized carbons (Fsp3) is 0.765. The Kier molecular flexibility index (Phi) is 5.20. The van der Waals surface area contributed by atoms with Gasteiger partial charge in [0, 0.05) is 44.8 Å². The molecule has 8 heteroatoms. The van der Waals surface area contributed by atoms with E-state index in [0.29, 0.717) is 19.0 Å². The van der Waals surface area contributed by atoms with Gasteiger partial charge in [0.15, 0.2) is 0 Å². The zero-order chi connectivity index (χ0) is 18.2. The molecule has 1 aliphatic heterocycles. The molecule has 1 aromatic rings. The Labute approximate surface area is 150 Å². The van der Waals surface area contributed by atoms with Crippen molar-refractivity contribution in [1.29, 1.82) is 0 Å². The molecule has 1 saturated carbocycles. The number of aromatic nitrogens is 2. The Balaban J connectivity index is 1.85. The number of carbonyl (C=O) groups is 1. The van der Waals surface area contributed by atoms with Crippen LogP contribution in [0.4, 0.5) is 0 Å². The molecule has 1 aromatic heterocycles. The minimum Gasteiger partial charge on any atom is -0.338 e. The Morgan fingerprint density at radius 1 is 1.32 bits per heavy atom. The molecule has 7 nitrogen and oxygen atoms in total. The minimum atomic E-state index is -3.63. The van der Waals surface area contributed by atoms with Crippen LogP contribution in [-0.2, 0) is 21.4 Å². The van der Waals surface area contributed by atoms with Crippen LogP contribution in [0.25, 0.3) is 0 Å². The van der Waals surface area contributed by atoms with E-state index in [1.807, 2.05) is 11.8 Å². The molecule has 25 heavy (non-hydrogen) atoms. The number of amides is 1. The summed E-state index contributed by atoms with van der Waals surface area (Å²) >= 11 is 0. The maximum absolute atomic E-state index is 13.0. The lowest BCUT2D eigenvalue weighted by molar-refractivity contribution is -0.133. The first kappa shape index (κ1) is 18.4. The van der Waals surface area contributed by atoms with Crippen molar-refractivity contribution in [2.75, 3.05) is 19.6 Å². The zero-order valence-corrected chi connectivity index (χ0v) is 16.1. The molecular weight excluding hydrogens is 340 g/mol. The molecule has 0 aromatic carbocycles. The third kappa shape index (κ3) is 3.89. The SMILES string of the molecule is CCn1cc(S(=O)(=O)N2CCC(=O)N(CC3CC3)[C@@H](C(C)C)C2)cn1. The summed E-state index contributed by atoms with van der Waals surface area (Å²) in [5, 5.41) is 4.08. The number of nitrogens with zero attached hydrogens (tertiary/aromatic N) is 4. The molecular formula is C17H28N4O3S. The van der Waals surface area contributed by atoms with Gasteiger partial charge in [0.25, 0.3) is 0 Å².